The Bertz CT molecular complexity index is 1100. The van der Waals surface area contributed by atoms with Crippen LogP contribution in [0, 0.1) is 0 Å². The van der Waals surface area contributed by atoms with Crippen molar-refractivity contribution in [3.8, 4) is 5.75 Å². The van der Waals surface area contributed by atoms with Gasteiger partial charge in [-0.3, -0.25) is 9.59 Å². The number of nitrogens with one attached hydrogen (secondary N) is 1. The molecule has 2 atom stereocenters. The number of nitrogens with zero attached hydrogens (tertiary/aromatic N) is 1. The van der Waals surface area contributed by atoms with E-state index in [9.17, 15) is 9.59 Å². The monoisotopic (exact) mass is 442 g/mol. The predicted molar refractivity (Wildman–Crippen MR) is 130 cm³/mol. The highest BCUT2D eigenvalue weighted by molar-refractivity contribution is 5.96. The lowest BCUT2D eigenvalue weighted by molar-refractivity contribution is -0.137. The van der Waals surface area contributed by atoms with Gasteiger partial charge in [0.25, 0.3) is 5.91 Å². The van der Waals surface area contributed by atoms with E-state index in [0.717, 1.165) is 17.5 Å². The Morgan fingerprint density at radius 2 is 1.76 bits per heavy atom. The fraction of sp³-hybridized carbons (Fsp3) is 0.286. The van der Waals surface area contributed by atoms with Gasteiger partial charge in [0, 0.05) is 24.3 Å². The summed E-state index contributed by atoms with van der Waals surface area (Å²) in [5, 5.41) is 3.06. The Kier molecular flexibility index (Phi) is 7.08. The highest BCUT2D eigenvalue weighted by Gasteiger charge is 2.28. The predicted octanol–water partition coefficient (Wildman–Crippen LogP) is 5.17. The number of rotatable bonds is 7. The second kappa shape index (κ2) is 10.3. The molecule has 0 unspecified atom stereocenters. The van der Waals surface area contributed by atoms with Crippen LogP contribution in [-0.2, 0) is 22.6 Å². The van der Waals surface area contributed by atoms with Crippen LogP contribution in [0.15, 0.2) is 78.9 Å². The van der Waals surface area contributed by atoms with Crippen LogP contribution in [0.5, 0.6) is 5.75 Å². The summed E-state index contributed by atoms with van der Waals surface area (Å²) < 4.78 is 5.95. The van der Waals surface area contributed by atoms with E-state index < -0.39 is 6.10 Å². The van der Waals surface area contributed by atoms with Crippen molar-refractivity contribution in [3.05, 3.63) is 95.6 Å². The Balaban J connectivity index is 1.50. The third-order valence-corrected chi connectivity index (χ3v) is 6.09. The minimum atomic E-state index is -0.551. The quantitative estimate of drug-likeness (QED) is 0.549. The summed E-state index contributed by atoms with van der Waals surface area (Å²) in [5.74, 6) is 0.405. The molecule has 0 radical (unpaired) electrons. The summed E-state index contributed by atoms with van der Waals surface area (Å²) in [7, 11) is 0. The normalized spacial score (nSPS) is 16.4. The number of carbonyl (C=O) groups is 2. The van der Waals surface area contributed by atoms with Crippen molar-refractivity contribution in [3.63, 3.8) is 0 Å². The largest absolute Gasteiger partial charge is 0.481 e. The van der Waals surface area contributed by atoms with Crippen LogP contribution in [0.25, 0.3) is 0 Å². The number of fused-ring (bicyclic) bond motifs is 1. The molecule has 3 aromatic carbocycles. The lowest BCUT2D eigenvalue weighted by atomic mass is 9.95. The number of anilines is 1. The number of hydrogen-bond donors (Lipinski definition) is 1. The zero-order chi connectivity index (χ0) is 23.2. The van der Waals surface area contributed by atoms with E-state index in [1.54, 1.807) is 6.92 Å². The maximum Gasteiger partial charge on any atom is 0.263 e. The molecule has 0 saturated heterocycles. The summed E-state index contributed by atoms with van der Waals surface area (Å²) >= 11 is 0. The van der Waals surface area contributed by atoms with Gasteiger partial charge in [-0.2, -0.15) is 0 Å². The van der Waals surface area contributed by atoms with E-state index in [2.05, 4.69) is 17.4 Å². The molecule has 0 aliphatic carbocycles. The van der Waals surface area contributed by atoms with Crippen molar-refractivity contribution in [2.75, 3.05) is 11.9 Å². The lowest BCUT2D eigenvalue weighted by Gasteiger charge is -2.22. The van der Waals surface area contributed by atoms with Crippen molar-refractivity contribution in [1.29, 1.82) is 0 Å². The van der Waals surface area contributed by atoms with Crippen LogP contribution in [0.1, 0.15) is 42.9 Å². The summed E-state index contributed by atoms with van der Waals surface area (Å²) in [6.45, 7) is 4.86. The first-order valence-corrected chi connectivity index (χ1v) is 11.5. The molecule has 1 N–H and O–H groups in total. The smallest absolute Gasteiger partial charge is 0.263 e. The molecule has 170 valence electrons. The molecule has 33 heavy (non-hydrogen) atoms. The number of carbonyl (C=O) groups excluding carboxylic acids is 2. The molecular formula is C28H30N2O3. The Morgan fingerprint density at radius 3 is 2.45 bits per heavy atom. The van der Waals surface area contributed by atoms with Gasteiger partial charge in [-0.1, -0.05) is 67.6 Å². The maximum absolute atomic E-state index is 13.0. The van der Waals surface area contributed by atoms with Crippen LogP contribution >= 0.6 is 0 Å². The minimum Gasteiger partial charge on any atom is -0.481 e. The van der Waals surface area contributed by atoms with Crippen molar-refractivity contribution in [1.82, 2.24) is 4.90 Å². The van der Waals surface area contributed by atoms with Gasteiger partial charge >= 0.3 is 0 Å². The molecule has 0 spiro atoms. The van der Waals surface area contributed by atoms with Crippen molar-refractivity contribution < 1.29 is 14.3 Å². The van der Waals surface area contributed by atoms with Gasteiger partial charge in [-0.05, 0) is 49.1 Å². The van der Waals surface area contributed by atoms with Gasteiger partial charge < -0.3 is 15.0 Å². The average Bonchev–Trinajstić information content (AvgIpc) is 2.95. The third kappa shape index (κ3) is 5.43. The topological polar surface area (TPSA) is 58.6 Å². The number of benzene rings is 3. The van der Waals surface area contributed by atoms with E-state index in [0.29, 0.717) is 30.9 Å². The van der Waals surface area contributed by atoms with E-state index in [-0.39, 0.29) is 17.7 Å². The molecule has 1 heterocycles. The molecule has 5 heteroatoms. The molecule has 0 saturated carbocycles. The van der Waals surface area contributed by atoms with Crippen LogP contribution in [-0.4, -0.2) is 29.4 Å². The summed E-state index contributed by atoms with van der Waals surface area (Å²) in [6.07, 6.45) is 0.939. The molecule has 4 rings (SSSR count). The number of hydrogen-bond acceptors (Lipinski definition) is 3. The van der Waals surface area contributed by atoms with Gasteiger partial charge in [0.2, 0.25) is 5.91 Å². The fourth-order valence-electron chi connectivity index (χ4n) is 4.26. The molecule has 5 nitrogen and oxygen atoms in total. The number of ether oxygens (including phenoxy) is 1. The fourth-order valence-corrected chi connectivity index (χ4v) is 4.26. The van der Waals surface area contributed by atoms with Crippen molar-refractivity contribution >= 4 is 17.5 Å². The zero-order valence-electron chi connectivity index (χ0n) is 19.2. The van der Waals surface area contributed by atoms with Gasteiger partial charge in [0.1, 0.15) is 5.75 Å². The van der Waals surface area contributed by atoms with Crippen molar-refractivity contribution in [2.45, 2.75) is 45.3 Å². The van der Waals surface area contributed by atoms with E-state index in [4.69, 9.17) is 4.74 Å². The van der Waals surface area contributed by atoms with Crippen LogP contribution in [0.3, 0.4) is 0 Å². The molecule has 2 amide bonds. The Hall–Kier alpha value is -3.60. The third-order valence-electron chi connectivity index (χ3n) is 6.09. The molecule has 0 bridgehead atoms. The highest BCUT2D eigenvalue weighted by Crippen LogP contribution is 2.30. The molecular weight excluding hydrogens is 412 g/mol. The first-order chi connectivity index (χ1) is 16.0. The van der Waals surface area contributed by atoms with Gasteiger partial charge in [0.05, 0.1) is 5.92 Å². The van der Waals surface area contributed by atoms with Gasteiger partial charge in [0.15, 0.2) is 6.10 Å². The Morgan fingerprint density at radius 1 is 1.06 bits per heavy atom. The Labute approximate surface area is 195 Å². The zero-order valence-corrected chi connectivity index (χ0v) is 19.2. The lowest BCUT2D eigenvalue weighted by Crippen LogP contribution is -2.39. The second-order valence-electron chi connectivity index (χ2n) is 8.44. The van der Waals surface area contributed by atoms with E-state index in [1.165, 1.54) is 5.56 Å². The second-order valence-corrected chi connectivity index (χ2v) is 8.44. The average molecular weight is 443 g/mol. The first-order valence-electron chi connectivity index (χ1n) is 11.5. The number of amides is 2. The van der Waals surface area contributed by atoms with Crippen LogP contribution in [0.4, 0.5) is 5.69 Å². The van der Waals surface area contributed by atoms with E-state index >= 15 is 0 Å². The van der Waals surface area contributed by atoms with Gasteiger partial charge in [-0.15, -0.1) is 0 Å². The first kappa shape index (κ1) is 22.6. The molecule has 1 aliphatic rings. The van der Waals surface area contributed by atoms with Crippen molar-refractivity contribution in [2.24, 2.45) is 0 Å². The molecule has 1 aliphatic heterocycles. The molecule has 3 aromatic rings. The molecule has 0 fully saturated rings. The molecule has 0 aromatic heterocycles. The SMILES string of the molecule is CC[C@@H](C(=O)Nc1ccc2c(c1)CN(CCc1ccccc1)C(=O)[C@H](C)O2)c1ccccc1. The van der Waals surface area contributed by atoms with Gasteiger partial charge in [-0.25, -0.2) is 0 Å². The minimum absolute atomic E-state index is 0.0251. The maximum atomic E-state index is 13.0. The highest BCUT2D eigenvalue weighted by atomic mass is 16.5. The summed E-state index contributed by atoms with van der Waals surface area (Å²) in [4.78, 5) is 27.8. The summed E-state index contributed by atoms with van der Waals surface area (Å²) in [6, 6.07) is 25.6. The van der Waals surface area contributed by atoms with Crippen LogP contribution in [0.2, 0.25) is 0 Å². The van der Waals surface area contributed by atoms with Crippen LogP contribution < -0.4 is 10.1 Å². The standard InChI is InChI=1S/C28H30N2O3/c1-3-25(22-12-8-5-9-13-22)27(31)29-24-14-15-26-23(18-24)19-30(28(32)20(2)33-26)17-16-21-10-6-4-7-11-21/h4-15,18,20,25H,3,16-17,19H2,1-2H3,(H,29,31)/t20-,25+/m0/s1. The summed E-state index contributed by atoms with van der Waals surface area (Å²) in [5.41, 5.74) is 3.80. The van der Waals surface area contributed by atoms with E-state index in [1.807, 2.05) is 78.6 Å².